The highest BCUT2D eigenvalue weighted by atomic mass is 31.3. The number of nitrogens with zero attached hydrogens (tertiary/aromatic N) is 9. The average Bonchev–Trinajstić information content (AvgIpc) is 3.48. The van der Waals surface area contributed by atoms with Gasteiger partial charge in [0.1, 0.15) is 0 Å². The maximum absolute atomic E-state index is 6.10. The lowest BCUT2D eigenvalue weighted by atomic mass is 10.4. The van der Waals surface area contributed by atoms with E-state index in [1.54, 1.807) is 0 Å². The monoisotopic (exact) mass is 499 g/mol. The normalized spacial score (nSPS) is 41.6. The highest BCUT2D eigenvalue weighted by Gasteiger charge is 2.55. The summed E-state index contributed by atoms with van der Waals surface area (Å²) >= 11 is 0. The van der Waals surface area contributed by atoms with Crippen molar-refractivity contribution in [3.05, 3.63) is 0 Å². The van der Waals surface area contributed by atoms with Crippen LogP contribution >= 0.6 is 22.5 Å². The maximum Gasteiger partial charge on any atom is 0.221 e. The zero-order valence-electron chi connectivity index (χ0n) is 19.5. The lowest BCUT2D eigenvalue weighted by molar-refractivity contribution is 0.459. The molecule has 0 bridgehead atoms. The van der Waals surface area contributed by atoms with Gasteiger partial charge in [-0.15, -0.1) is 0 Å². The number of hydrogen-bond donors (Lipinski definition) is 0. The van der Waals surface area contributed by atoms with E-state index in [0.29, 0.717) is 0 Å². The molecule has 0 aromatic carbocycles. The summed E-state index contributed by atoms with van der Waals surface area (Å²) in [5.41, 5.74) is 0. The lowest BCUT2D eigenvalue weighted by Crippen LogP contribution is -2.31. The summed E-state index contributed by atoms with van der Waals surface area (Å²) in [4.78, 5) is 0. The molecule has 7 rings (SSSR count). The Morgan fingerprint density at radius 3 is 0.656 bits per heavy atom. The fourth-order valence-corrected chi connectivity index (χ4v) is 22.5. The molecule has 6 fully saturated rings. The Balaban J connectivity index is 1.52. The number of rotatable bonds is 6. The average molecular weight is 500 g/mol. The van der Waals surface area contributed by atoms with Gasteiger partial charge < -0.3 is 0 Å². The maximum atomic E-state index is 6.10. The molecule has 0 spiro atoms. The van der Waals surface area contributed by atoms with E-state index in [1.165, 1.54) is 130 Å². The molecule has 32 heavy (non-hydrogen) atoms. The van der Waals surface area contributed by atoms with Crippen LogP contribution in [0.3, 0.4) is 0 Å². The molecule has 0 N–H and O–H groups in total. The van der Waals surface area contributed by atoms with Gasteiger partial charge >= 0.3 is 0 Å². The molecular weight excluding hydrogens is 459 g/mol. The minimum absolute atomic E-state index is 1.19. The summed E-state index contributed by atoms with van der Waals surface area (Å²) in [5, 5.41) is 0. The topological polar surface area (TPSA) is 56.1 Å². The van der Waals surface area contributed by atoms with Crippen molar-refractivity contribution in [1.29, 1.82) is 0 Å². The summed E-state index contributed by atoms with van der Waals surface area (Å²) in [7, 11) is -6.22. The Morgan fingerprint density at radius 2 is 0.469 bits per heavy atom. The van der Waals surface area contributed by atoms with E-state index in [1.807, 2.05) is 0 Å². The Hall–Kier alpha value is 0.450. The van der Waals surface area contributed by atoms with E-state index in [9.17, 15) is 0 Å². The molecule has 9 nitrogen and oxygen atoms in total. The molecule has 0 aromatic rings. The Bertz CT molecular complexity index is 852. The fourth-order valence-electron chi connectivity index (χ4n) is 6.25. The third-order valence-corrected chi connectivity index (χ3v) is 20.9. The van der Waals surface area contributed by atoms with Crippen molar-refractivity contribution in [3.8, 4) is 0 Å². The summed E-state index contributed by atoms with van der Waals surface area (Å²) in [5.74, 6) is 0. The molecule has 6 saturated heterocycles. The molecule has 180 valence electrons. The van der Waals surface area contributed by atoms with Crippen LogP contribution in [0.5, 0.6) is 0 Å². The Morgan fingerprint density at radius 1 is 0.281 bits per heavy atom. The molecule has 0 unspecified atom stereocenters. The zero-order chi connectivity index (χ0) is 21.2. The van der Waals surface area contributed by atoms with E-state index in [-0.39, 0.29) is 0 Å². The summed E-state index contributed by atoms with van der Waals surface area (Å²) < 4.78 is 34.8. The second-order valence-corrected chi connectivity index (χ2v) is 19.2. The predicted molar refractivity (Wildman–Crippen MR) is 134 cm³/mol. The first-order chi connectivity index (χ1) is 15.8. The number of hydrogen-bond acceptors (Lipinski definition) is 9. The van der Waals surface area contributed by atoms with Crippen LogP contribution in [0.25, 0.3) is 0 Å². The van der Waals surface area contributed by atoms with Crippen LogP contribution in [0.15, 0.2) is 13.5 Å². The first-order valence-electron chi connectivity index (χ1n) is 13.2. The lowest BCUT2D eigenvalue weighted by Gasteiger charge is -2.47. The quantitative estimate of drug-likeness (QED) is 0.385. The van der Waals surface area contributed by atoms with E-state index in [0.717, 1.165) is 0 Å². The van der Waals surface area contributed by atoms with E-state index in [2.05, 4.69) is 28.0 Å². The van der Waals surface area contributed by atoms with Crippen LogP contribution < -0.4 is 0 Å². The van der Waals surface area contributed by atoms with Crippen LogP contribution in [0.1, 0.15) is 51.4 Å². The van der Waals surface area contributed by atoms with E-state index >= 15 is 0 Å². The van der Waals surface area contributed by atoms with Crippen LogP contribution in [-0.4, -0.2) is 107 Å². The van der Waals surface area contributed by atoms with Gasteiger partial charge in [0.15, 0.2) is 0 Å². The summed E-state index contributed by atoms with van der Waals surface area (Å²) in [6.45, 7) is 14.3. The van der Waals surface area contributed by atoms with Gasteiger partial charge in [-0.1, -0.05) is 0 Å². The van der Waals surface area contributed by atoms with Crippen molar-refractivity contribution < 1.29 is 0 Å². The molecule has 7 aliphatic heterocycles. The van der Waals surface area contributed by atoms with Crippen LogP contribution in [-0.2, 0) is 0 Å². The van der Waals surface area contributed by atoms with Crippen LogP contribution in [0.4, 0.5) is 0 Å². The van der Waals surface area contributed by atoms with Crippen LogP contribution in [0, 0.1) is 0 Å². The van der Waals surface area contributed by atoms with Gasteiger partial charge in [0, 0.05) is 78.5 Å². The molecule has 0 radical (unpaired) electrons. The van der Waals surface area contributed by atoms with Gasteiger partial charge in [-0.25, -0.2) is 28.0 Å². The van der Waals surface area contributed by atoms with Crippen molar-refractivity contribution in [2.75, 3.05) is 78.5 Å². The molecule has 12 heteroatoms. The predicted octanol–water partition coefficient (Wildman–Crippen LogP) is 4.85. The minimum atomic E-state index is -2.11. The van der Waals surface area contributed by atoms with Gasteiger partial charge in [0.05, 0.1) is 0 Å². The molecule has 2 atom stereocenters. The molecular formula is C20H40N9P3. The summed E-state index contributed by atoms with van der Waals surface area (Å²) in [6, 6.07) is 0. The smallest absolute Gasteiger partial charge is 0.221 e. The fraction of sp³-hybridized carbons (Fsp3) is 1.00. The first kappa shape index (κ1) is 21.7. The second kappa shape index (κ2) is 8.25. The highest BCUT2D eigenvalue weighted by molar-refractivity contribution is 7.83. The largest absolute Gasteiger partial charge is 0.240 e. The van der Waals surface area contributed by atoms with Gasteiger partial charge in [0.25, 0.3) is 0 Å². The van der Waals surface area contributed by atoms with Crippen molar-refractivity contribution >= 4 is 22.5 Å². The van der Waals surface area contributed by atoms with E-state index in [4.69, 9.17) is 13.5 Å². The zero-order valence-corrected chi connectivity index (χ0v) is 22.2. The SMILES string of the molecule is C1CCN(P2(N3CCCC3)=N[P@@](N3CCCC3)(N3CC3)=N[P@](N3CCCC3)(N3CC3)=N2)C1. The minimum Gasteiger partial charge on any atom is -0.240 e. The molecule has 0 aromatic heterocycles. The van der Waals surface area contributed by atoms with E-state index < -0.39 is 22.5 Å². The van der Waals surface area contributed by atoms with Crippen molar-refractivity contribution in [2.24, 2.45) is 13.5 Å². The second-order valence-electron chi connectivity index (χ2n) is 10.4. The van der Waals surface area contributed by atoms with Crippen molar-refractivity contribution in [1.82, 2.24) is 28.0 Å². The first-order valence-corrected chi connectivity index (χ1v) is 18.0. The third-order valence-electron chi connectivity index (χ3n) is 8.17. The van der Waals surface area contributed by atoms with Crippen LogP contribution in [0.2, 0.25) is 0 Å². The molecule has 7 heterocycles. The van der Waals surface area contributed by atoms with Crippen molar-refractivity contribution in [3.63, 3.8) is 0 Å². The molecule has 0 saturated carbocycles. The van der Waals surface area contributed by atoms with Gasteiger partial charge in [-0.3, -0.25) is 0 Å². The van der Waals surface area contributed by atoms with Gasteiger partial charge in [-0.2, -0.15) is 13.5 Å². The Kier molecular flexibility index (Phi) is 5.60. The highest BCUT2D eigenvalue weighted by Crippen LogP contribution is 2.85. The third kappa shape index (κ3) is 3.38. The Labute approximate surface area is 194 Å². The van der Waals surface area contributed by atoms with Gasteiger partial charge in [-0.05, 0) is 51.4 Å². The molecule has 0 aliphatic carbocycles. The standard InChI is InChI=1S/C20H40N9P3/c1-2-10-24(9-1)30(25-11-3-4-12-25)21-31(28-17-18-28,26-13-5-6-14-26)23-32(22-30,29-19-20-29)27-15-7-8-16-27/h1-20H2/t31-,32-/m1/s1. The molecule has 0 amide bonds. The van der Waals surface area contributed by atoms with Gasteiger partial charge in [0.2, 0.25) is 22.5 Å². The van der Waals surface area contributed by atoms with Crippen molar-refractivity contribution in [2.45, 2.75) is 51.4 Å². The molecule has 7 aliphatic rings. The summed E-state index contributed by atoms with van der Waals surface area (Å²) in [6.07, 6.45) is 10.5.